The van der Waals surface area contributed by atoms with Gasteiger partial charge in [-0.05, 0) is 24.5 Å². The average molecular weight is 354 g/mol. The summed E-state index contributed by atoms with van der Waals surface area (Å²) in [6, 6.07) is 7.67. The Balaban J connectivity index is 1.49. The Bertz CT molecular complexity index is 861. The van der Waals surface area contributed by atoms with Crippen LogP contribution in [0.15, 0.2) is 24.3 Å². The van der Waals surface area contributed by atoms with E-state index in [0.717, 1.165) is 18.1 Å². The number of carbonyl (C=O) groups excluding carboxylic acids is 2. The smallest absolute Gasteiger partial charge is 0.237 e. The molecule has 2 aromatic rings. The van der Waals surface area contributed by atoms with Gasteiger partial charge in [-0.2, -0.15) is 0 Å². The minimum absolute atomic E-state index is 0.00967. The number of aryl methyl sites for hydroxylation is 1. The normalized spacial score (nSPS) is 19.7. The Morgan fingerprint density at radius 2 is 1.96 bits per heavy atom. The molecule has 2 amide bonds. The molecule has 1 unspecified atom stereocenters. The zero-order chi connectivity index (χ0) is 18.3. The number of aromatic nitrogens is 3. The fourth-order valence-corrected chi connectivity index (χ4v) is 3.78. The number of primary amides is 1. The molecular formula is C18H22N6O2. The highest BCUT2D eigenvalue weighted by Gasteiger charge is 2.34. The first-order valence-corrected chi connectivity index (χ1v) is 8.79. The van der Waals surface area contributed by atoms with Crippen LogP contribution in [0.2, 0.25) is 0 Å². The average Bonchev–Trinajstić information content (AvgIpc) is 3.00. The van der Waals surface area contributed by atoms with E-state index in [9.17, 15) is 9.59 Å². The highest BCUT2D eigenvalue weighted by molar-refractivity contribution is 5.82. The monoisotopic (exact) mass is 354 g/mol. The molecule has 3 heterocycles. The van der Waals surface area contributed by atoms with Crippen molar-refractivity contribution in [3.8, 4) is 0 Å². The van der Waals surface area contributed by atoms with E-state index in [1.54, 1.807) is 0 Å². The highest BCUT2D eigenvalue weighted by Crippen LogP contribution is 2.21. The second kappa shape index (κ2) is 6.53. The van der Waals surface area contributed by atoms with Gasteiger partial charge in [0, 0.05) is 13.1 Å². The number of rotatable bonds is 3. The van der Waals surface area contributed by atoms with Crippen LogP contribution < -0.4 is 5.73 Å². The molecule has 0 saturated heterocycles. The third kappa shape index (κ3) is 2.96. The van der Waals surface area contributed by atoms with Crippen LogP contribution in [0.5, 0.6) is 0 Å². The molecule has 136 valence electrons. The van der Waals surface area contributed by atoms with Gasteiger partial charge < -0.3 is 15.2 Å². The number of amides is 2. The molecule has 2 aliphatic heterocycles. The second-order valence-electron chi connectivity index (χ2n) is 6.93. The minimum Gasteiger partial charge on any atom is -0.368 e. The Morgan fingerprint density at radius 1 is 1.19 bits per heavy atom. The van der Waals surface area contributed by atoms with Crippen molar-refractivity contribution in [2.45, 2.75) is 39.0 Å². The number of benzene rings is 1. The molecule has 0 aliphatic carbocycles. The molecule has 2 aliphatic rings. The summed E-state index contributed by atoms with van der Waals surface area (Å²) < 4.78 is 1.90. The van der Waals surface area contributed by atoms with E-state index in [-0.39, 0.29) is 12.5 Å². The standard InChI is InChI=1S/C18H22N6O2/c1-12-20-21-16-10-23(15(18(19)26)9-24(12)16)11-17(25)22-7-6-13-4-2-3-5-14(13)8-22/h2-5,15H,6-11H2,1H3,(H2,19,26). The number of nitrogens with two attached hydrogens (primary N) is 1. The summed E-state index contributed by atoms with van der Waals surface area (Å²) >= 11 is 0. The molecule has 0 fully saturated rings. The molecule has 2 N–H and O–H groups in total. The van der Waals surface area contributed by atoms with Crippen LogP contribution in [0.1, 0.15) is 22.8 Å². The van der Waals surface area contributed by atoms with Crippen LogP contribution in [0.4, 0.5) is 0 Å². The summed E-state index contributed by atoms with van der Waals surface area (Å²) in [5.41, 5.74) is 8.08. The second-order valence-corrected chi connectivity index (χ2v) is 6.93. The predicted octanol–water partition coefficient (Wildman–Crippen LogP) is -0.159. The van der Waals surface area contributed by atoms with E-state index in [1.165, 1.54) is 11.1 Å². The molecule has 8 nitrogen and oxygen atoms in total. The van der Waals surface area contributed by atoms with Gasteiger partial charge in [-0.15, -0.1) is 10.2 Å². The number of hydrogen-bond donors (Lipinski definition) is 1. The van der Waals surface area contributed by atoms with Gasteiger partial charge in [-0.3, -0.25) is 14.5 Å². The topological polar surface area (TPSA) is 97.4 Å². The number of nitrogens with zero attached hydrogens (tertiary/aromatic N) is 5. The first-order valence-electron chi connectivity index (χ1n) is 8.79. The molecule has 1 aromatic carbocycles. The Kier molecular flexibility index (Phi) is 4.20. The molecule has 1 atom stereocenters. The van der Waals surface area contributed by atoms with Gasteiger partial charge in [-0.1, -0.05) is 24.3 Å². The molecule has 4 rings (SSSR count). The summed E-state index contributed by atoms with van der Waals surface area (Å²) in [5.74, 6) is 1.10. The van der Waals surface area contributed by atoms with Gasteiger partial charge in [0.1, 0.15) is 17.7 Å². The van der Waals surface area contributed by atoms with Crippen molar-refractivity contribution in [1.82, 2.24) is 24.6 Å². The molecule has 0 spiro atoms. The lowest BCUT2D eigenvalue weighted by Gasteiger charge is -2.36. The van der Waals surface area contributed by atoms with Crippen LogP contribution >= 0.6 is 0 Å². The lowest BCUT2D eigenvalue weighted by Crippen LogP contribution is -2.54. The molecule has 0 bridgehead atoms. The van der Waals surface area contributed by atoms with E-state index >= 15 is 0 Å². The summed E-state index contributed by atoms with van der Waals surface area (Å²) in [6.45, 7) is 4.09. The van der Waals surface area contributed by atoms with Crippen LogP contribution in [0, 0.1) is 6.92 Å². The maximum Gasteiger partial charge on any atom is 0.237 e. The fourth-order valence-electron chi connectivity index (χ4n) is 3.78. The number of hydrogen-bond acceptors (Lipinski definition) is 5. The third-order valence-electron chi connectivity index (χ3n) is 5.30. The maximum absolute atomic E-state index is 12.9. The van der Waals surface area contributed by atoms with E-state index in [1.807, 2.05) is 33.4 Å². The summed E-state index contributed by atoms with van der Waals surface area (Å²) in [4.78, 5) is 28.4. The lowest BCUT2D eigenvalue weighted by atomic mass is 10.00. The molecular weight excluding hydrogens is 332 g/mol. The van der Waals surface area contributed by atoms with Crippen molar-refractivity contribution < 1.29 is 9.59 Å². The number of fused-ring (bicyclic) bond motifs is 2. The van der Waals surface area contributed by atoms with E-state index in [2.05, 4.69) is 22.3 Å². The van der Waals surface area contributed by atoms with Gasteiger partial charge in [0.05, 0.1) is 19.6 Å². The first-order chi connectivity index (χ1) is 12.5. The zero-order valence-corrected chi connectivity index (χ0v) is 14.8. The molecule has 8 heteroatoms. The summed E-state index contributed by atoms with van der Waals surface area (Å²) in [6.07, 6.45) is 0.856. The van der Waals surface area contributed by atoms with Crippen molar-refractivity contribution in [3.05, 3.63) is 47.0 Å². The van der Waals surface area contributed by atoms with Crippen LogP contribution in [-0.2, 0) is 35.6 Å². The third-order valence-corrected chi connectivity index (χ3v) is 5.30. The van der Waals surface area contributed by atoms with Crippen molar-refractivity contribution in [1.29, 1.82) is 0 Å². The van der Waals surface area contributed by atoms with E-state index in [0.29, 0.717) is 26.2 Å². The fraction of sp³-hybridized carbons (Fsp3) is 0.444. The van der Waals surface area contributed by atoms with Gasteiger partial charge in [0.2, 0.25) is 11.8 Å². The van der Waals surface area contributed by atoms with Crippen molar-refractivity contribution >= 4 is 11.8 Å². The van der Waals surface area contributed by atoms with E-state index < -0.39 is 11.9 Å². The summed E-state index contributed by atoms with van der Waals surface area (Å²) in [7, 11) is 0. The quantitative estimate of drug-likeness (QED) is 0.826. The van der Waals surface area contributed by atoms with Crippen molar-refractivity contribution in [2.24, 2.45) is 5.73 Å². The maximum atomic E-state index is 12.9. The Labute approximate surface area is 151 Å². The largest absolute Gasteiger partial charge is 0.368 e. The van der Waals surface area contributed by atoms with Crippen LogP contribution in [-0.4, -0.2) is 55.5 Å². The number of carbonyl (C=O) groups is 2. The van der Waals surface area contributed by atoms with Gasteiger partial charge in [-0.25, -0.2) is 0 Å². The van der Waals surface area contributed by atoms with Gasteiger partial charge >= 0.3 is 0 Å². The molecule has 0 radical (unpaired) electrons. The SMILES string of the molecule is Cc1nnc2n1CC(C(N)=O)N(CC(=O)N1CCc3ccccc3C1)C2. The zero-order valence-electron chi connectivity index (χ0n) is 14.8. The summed E-state index contributed by atoms with van der Waals surface area (Å²) in [5, 5.41) is 8.20. The lowest BCUT2D eigenvalue weighted by molar-refractivity contribution is -0.136. The van der Waals surface area contributed by atoms with Gasteiger partial charge in [0.25, 0.3) is 0 Å². The molecule has 0 saturated carbocycles. The van der Waals surface area contributed by atoms with E-state index in [4.69, 9.17) is 5.73 Å². The first kappa shape index (κ1) is 16.7. The Hall–Kier alpha value is -2.74. The van der Waals surface area contributed by atoms with Crippen LogP contribution in [0.3, 0.4) is 0 Å². The van der Waals surface area contributed by atoms with Crippen molar-refractivity contribution in [2.75, 3.05) is 13.1 Å². The Morgan fingerprint density at radius 3 is 2.73 bits per heavy atom. The predicted molar refractivity (Wildman–Crippen MR) is 93.7 cm³/mol. The highest BCUT2D eigenvalue weighted by atomic mass is 16.2. The van der Waals surface area contributed by atoms with Crippen LogP contribution in [0.25, 0.3) is 0 Å². The minimum atomic E-state index is -0.529. The molecule has 1 aromatic heterocycles. The van der Waals surface area contributed by atoms with Crippen molar-refractivity contribution in [3.63, 3.8) is 0 Å². The molecule has 26 heavy (non-hydrogen) atoms. The van der Waals surface area contributed by atoms with Gasteiger partial charge in [0.15, 0.2) is 0 Å².